The standard InChI is InChI=1S/C16H13NO2/c1-10-5-6-13-12(8-10)9-14(19-13)16(18)15-11(2)4-3-7-17-15/h3-9H,1-2H3. The molecule has 0 N–H and O–H groups in total. The van der Waals surface area contributed by atoms with Crippen molar-refractivity contribution in [2.24, 2.45) is 0 Å². The van der Waals surface area contributed by atoms with Crippen molar-refractivity contribution in [3.63, 3.8) is 0 Å². The minimum absolute atomic E-state index is 0.174. The van der Waals surface area contributed by atoms with Crippen molar-refractivity contribution in [3.8, 4) is 0 Å². The van der Waals surface area contributed by atoms with Crippen LogP contribution in [0.4, 0.5) is 0 Å². The Balaban J connectivity index is 2.09. The Labute approximate surface area is 110 Å². The molecule has 3 nitrogen and oxygen atoms in total. The lowest BCUT2D eigenvalue weighted by atomic mass is 10.1. The number of pyridine rings is 1. The average Bonchev–Trinajstić information content (AvgIpc) is 2.81. The van der Waals surface area contributed by atoms with Gasteiger partial charge in [0.1, 0.15) is 11.3 Å². The molecule has 94 valence electrons. The van der Waals surface area contributed by atoms with E-state index in [0.717, 1.165) is 22.1 Å². The first-order valence-electron chi connectivity index (χ1n) is 6.11. The lowest BCUT2D eigenvalue weighted by molar-refractivity contribution is 0.101. The van der Waals surface area contributed by atoms with Gasteiger partial charge in [0.25, 0.3) is 0 Å². The number of aromatic nitrogens is 1. The summed E-state index contributed by atoms with van der Waals surface area (Å²) in [5, 5.41) is 0.942. The molecule has 3 rings (SSSR count). The molecule has 0 aliphatic heterocycles. The third-order valence-electron chi connectivity index (χ3n) is 3.12. The van der Waals surface area contributed by atoms with Crippen LogP contribution in [0.5, 0.6) is 0 Å². The van der Waals surface area contributed by atoms with E-state index in [1.165, 1.54) is 0 Å². The average molecular weight is 251 g/mol. The topological polar surface area (TPSA) is 43.1 Å². The molecule has 0 atom stereocenters. The van der Waals surface area contributed by atoms with Gasteiger partial charge < -0.3 is 4.42 Å². The molecule has 0 amide bonds. The van der Waals surface area contributed by atoms with Gasteiger partial charge in [-0.2, -0.15) is 0 Å². The maximum absolute atomic E-state index is 12.4. The van der Waals surface area contributed by atoms with Crippen molar-refractivity contribution in [1.82, 2.24) is 4.98 Å². The van der Waals surface area contributed by atoms with Gasteiger partial charge in [0.05, 0.1) is 0 Å². The number of aryl methyl sites for hydroxylation is 2. The summed E-state index contributed by atoms with van der Waals surface area (Å²) in [5.41, 5.74) is 3.16. The second-order valence-corrected chi connectivity index (χ2v) is 4.65. The fourth-order valence-corrected chi connectivity index (χ4v) is 2.11. The molecule has 2 heterocycles. The van der Waals surface area contributed by atoms with Crippen molar-refractivity contribution >= 4 is 16.8 Å². The van der Waals surface area contributed by atoms with Gasteiger partial charge >= 0.3 is 0 Å². The number of nitrogens with zero attached hydrogens (tertiary/aromatic N) is 1. The summed E-state index contributed by atoms with van der Waals surface area (Å²) in [6.45, 7) is 3.88. The number of fused-ring (bicyclic) bond motifs is 1. The molecular formula is C16H13NO2. The molecule has 2 aromatic heterocycles. The Morgan fingerprint density at radius 2 is 2.00 bits per heavy atom. The van der Waals surface area contributed by atoms with Crippen LogP contribution in [0.2, 0.25) is 0 Å². The van der Waals surface area contributed by atoms with Crippen LogP contribution in [-0.2, 0) is 0 Å². The lowest BCUT2D eigenvalue weighted by Gasteiger charge is -1.99. The highest BCUT2D eigenvalue weighted by atomic mass is 16.3. The van der Waals surface area contributed by atoms with Gasteiger partial charge in [-0.1, -0.05) is 17.7 Å². The van der Waals surface area contributed by atoms with Crippen LogP contribution >= 0.6 is 0 Å². The Bertz CT molecular complexity index is 771. The van der Waals surface area contributed by atoms with Gasteiger partial charge in [-0.05, 0) is 43.7 Å². The molecule has 0 aliphatic rings. The summed E-state index contributed by atoms with van der Waals surface area (Å²) < 4.78 is 5.60. The largest absolute Gasteiger partial charge is 0.453 e. The van der Waals surface area contributed by atoms with Gasteiger partial charge in [-0.25, -0.2) is 0 Å². The van der Waals surface area contributed by atoms with Gasteiger partial charge in [0.2, 0.25) is 5.78 Å². The Kier molecular flexibility index (Phi) is 2.67. The Hall–Kier alpha value is -2.42. The van der Waals surface area contributed by atoms with Gasteiger partial charge in [0, 0.05) is 11.6 Å². The molecule has 0 aliphatic carbocycles. The molecule has 1 aromatic carbocycles. The predicted molar refractivity (Wildman–Crippen MR) is 73.4 cm³/mol. The molecule has 3 heteroatoms. The van der Waals surface area contributed by atoms with Crippen LogP contribution in [0.25, 0.3) is 11.0 Å². The third kappa shape index (κ3) is 2.03. The molecule has 3 aromatic rings. The molecule has 0 spiro atoms. The van der Waals surface area contributed by atoms with Crippen molar-refractivity contribution in [2.45, 2.75) is 13.8 Å². The van der Waals surface area contributed by atoms with E-state index >= 15 is 0 Å². The van der Waals surface area contributed by atoms with Crippen molar-refractivity contribution in [3.05, 3.63) is 65.2 Å². The molecule has 0 fully saturated rings. The number of benzene rings is 1. The van der Waals surface area contributed by atoms with Crippen LogP contribution in [-0.4, -0.2) is 10.8 Å². The van der Waals surface area contributed by atoms with E-state index in [-0.39, 0.29) is 5.78 Å². The fourth-order valence-electron chi connectivity index (χ4n) is 2.11. The van der Waals surface area contributed by atoms with Gasteiger partial charge in [-0.15, -0.1) is 0 Å². The Morgan fingerprint density at radius 3 is 2.79 bits per heavy atom. The minimum atomic E-state index is -0.174. The fraction of sp³-hybridized carbons (Fsp3) is 0.125. The van der Waals surface area contributed by atoms with Gasteiger partial charge in [0.15, 0.2) is 5.76 Å². The lowest BCUT2D eigenvalue weighted by Crippen LogP contribution is -2.04. The maximum atomic E-state index is 12.4. The van der Waals surface area contributed by atoms with E-state index in [1.54, 1.807) is 12.3 Å². The Morgan fingerprint density at radius 1 is 1.16 bits per heavy atom. The van der Waals surface area contributed by atoms with E-state index in [0.29, 0.717) is 11.5 Å². The molecule has 0 radical (unpaired) electrons. The summed E-state index contributed by atoms with van der Waals surface area (Å²) in [4.78, 5) is 16.5. The molecule has 19 heavy (non-hydrogen) atoms. The van der Waals surface area contributed by atoms with Crippen molar-refractivity contribution in [1.29, 1.82) is 0 Å². The SMILES string of the molecule is Cc1ccc2oc(C(=O)c3ncccc3C)cc2c1. The molecule has 0 saturated heterocycles. The summed E-state index contributed by atoms with van der Waals surface area (Å²) in [7, 11) is 0. The molecule has 0 bridgehead atoms. The number of furan rings is 1. The van der Waals surface area contributed by atoms with Crippen LogP contribution < -0.4 is 0 Å². The highest BCUT2D eigenvalue weighted by Gasteiger charge is 2.17. The van der Waals surface area contributed by atoms with E-state index < -0.39 is 0 Å². The second kappa shape index (κ2) is 4.35. The number of carbonyl (C=O) groups excluding carboxylic acids is 1. The number of hydrogen-bond donors (Lipinski definition) is 0. The zero-order chi connectivity index (χ0) is 13.4. The summed E-state index contributed by atoms with van der Waals surface area (Å²) in [5.74, 6) is 0.161. The quantitative estimate of drug-likeness (QED) is 0.652. The number of carbonyl (C=O) groups is 1. The van der Waals surface area contributed by atoms with Crippen LogP contribution in [0.15, 0.2) is 47.0 Å². The summed E-state index contributed by atoms with van der Waals surface area (Å²) >= 11 is 0. The van der Waals surface area contributed by atoms with E-state index in [4.69, 9.17) is 4.42 Å². The number of ketones is 1. The predicted octanol–water partition coefficient (Wildman–Crippen LogP) is 3.68. The first-order chi connectivity index (χ1) is 9.15. The van der Waals surface area contributed by atoms with Crippen molar-refractivity contribution < 1.29 is 9.21 Å². The van der Waals surface area contributed by atoms with E-state index in [2.05, 4.69) is 4.98 Å². The van der Waals surface area contributed by atoms with Crippen LogP contribution in [0, 0.1) is 13.8 Å². The van der Waals surface area contributed by atoms with Crippen molar-refractivity contribution in [2.75, 3.05) is 0 Å². The molecular weight excluding hydrogens is 238 g/mol. The number of hydrogen-bond acceptors (Lipinski definition) is 3. The smallest absolute Gasteiger partial charge is 0.246 e. The number of rotatable bonds is 2. The minimum Gasteiger partial charge on any atom is -0.453 e. The summed E-state index contributed by atoms with van der Waals surface area (Å²) in [6, 6.07) is 11.3. The third-order valence-corrected chi connectivity index (χ3v) is 3.12. The highest BCUT2D eigenvalue weighted by Crippen LogP contribution is 2.22. The summed E-state index contributed by atoms with van der Waals surface area (Å²) in [6.07, 6.45) is 1.62. The highest BCUT2D eigenvalue weighted by molar-refractivity contribution is 6.08. The van der Waals surface area contributed by atoms with Crippen LogP contribution in [0.1, 0.15) is 27.4 Å². The first kappa shape index (κ1) is 11.7. The first-order valence-corrected chi connectivity index (χ1v) is 6.11. The molecule has 0 saturated carbocycles. The second-order valence-electron chi connectivity index (χ2n) is 4.65. The maximum Gasteiger partial charge on any atom is 0.246 e. The van der Waals surface area contributed by atoms with E-state index in [1.807, 2.05) is 44.2 Å². The zero-order valence-corrected chi connectivity index (χ0v) is 10.8. The zero-order valence-electron chi connectivity index (χ0n) is 10.8. The van der Waals surface area contributed by atoms with Gasteiger partial charge in [-0.3, -0.25) is 9.78 Å². The van der Waals surface area contributed by atoms with Crippen LogP contribution in [0.3, 0.4) is 0 Å². The monoisotopic (exact) mass is 251 g/mol. The van der Waals surface area contributed by atoms with E-state index in [9.17, 15) is 4.79 Å². The normalized spacial score (nSPS) is 10.8. The molecule has 0 unspecified atom stereocenters.